The Hall–Kier alpha value is -1.04. The second-order valence-electron chi connectivity index (χ2n) is 6.48. The number of nitrogens with one attached hydrogen (secondary N) is 1. The standard InChI is InChI=1S/C16H26N4O.2ClH/c1-16(2,17)12-19-15(21)13-7-8-14(18-11-13)20-9-5-3-4-6-10-20;;/h7-8,11H,3-6,9-10,12,17H2,1-2H3,(H,19,21);2*1H. The molecule has 23 heavy (non-hydrogen) atoms. The molecule has 1 saturated heterocycles. The van der Waals surface area contributed by atoms with Crippen LogP contribution in [0.2, 0.25) is 0 Å². The first-order chi connectivity index (χ1) is 9.96. The summed E-state index contributed by atoms with van der Waals surface area (Å²) < 4.78 is 0. The SMILES string of the molecule is CC(C)(N)CNC(=O)c1ccc(N2CCCCCC2)nc1.Cl.Cl. The molecule has 1 aliphatic heterocycles. The molecule has 0 radical (unpaired) electrons. The maximum atomic E-state index is 12.0. The van der Waals surface area contributed by atoms with Gasteiger partial charge in [0.25, 0.3) is 5.91 Å². The van der Waals surface area contributed by atoms with Gasteiger partial charge in [0.05, 0.1) is 5.56 Å². The van der Waals surface area contributed by atoms with Crippen molar-refractivity contribution < 1.29 is 4.79 Å². The van der Waals surface area contributed by atoms with Gasteiger partial charge in [-0.2, -0.15) is 0 Å². The van der Waals surface area contributed by atoms with Crippen LogP contribution in [0, 0.1) is 0 Å². The van der Waals surface area contributed by atoms with Crippen LogP contribution in [0.3, 0.4) is 0 Å². The summed E-state index contributed by atoms with van der Waals surface area (Å²) in [6, 6.07) is 3.78. The second-order valence-corrected chi connectivity index (χ2v) is 6.48. The van der Waals surface area contributed by atoms with Crippen molar-refractivity contribution in [3.63, 3.8) is 0 Å². The van der Waals surface area contributed by atoms with E-state index in [1.807, 2.05) is 26.0 Å². The van der Waals surface area contributed by atoms with E-state index in [0.717, 1.165) is 18.9 Å². The topological polar surface area (TPSA) is 71.2 Å². The number of halogens is 2. The molecule has 132 valence electrons. The van der Waals surface area contributed by atoms with Crippen LogP contribution in [0.1, 0.15) is 49.9 Å². The number of nitrogens with zero attached hydrogens (tertiary/aromatic N) is 2. The molecule has 0 unspecified atom stereocenters. The van der Waals surface area contributed by atoms with E-state index < -0.39 is 5.54 Å². The number of hydrogen-bond acceptors (Lipinski definition) is 4. The predicted molar refractivity (Wildman–Crippen MR) is 100 cm³/mol. The lowest BCUT2D eigenvalue weighted by Crippen LogP contribution is -2.45. The van der Waals surface area contributed by atoms with Gasteiger partial charge in [0.2, 0.25) is 0 Å². The van der Waals surface area contributed by atoms with Gasteiger partial charge in [-0.05, 0) is 38.8 Å². The van der Waals surface area contributed by atoms with Crippen molar-refractivity contribution in [1.29, 1.82) is 0 Å². The zero-order valence-electron chi connectivity index (χ0n) is 13.9. The maximum Gasteiger partial charge on any atom is 0.252 e. The first-order valence-corrected chi connectivity index (χ1v) is 7.74. The van der Waals surface area contributed by atoms with Crippen LogP contribution in [0.15, 0.2) is 18.3 Å². The molecule has 1 fully saturated rings. The molecule has 0 spiro atoms. The molecular formula is C16H28Cl2N4O. The fourth-order valence-corrected chi connectivity index (χ4v) is 2.42. The van der Waals surface area contributed by atoms with Crippen molar-refractivity contribution in [2.45, 2.75) is 45.1 Å². The summed E-state index contributed by atoms with van der Waals surface area (Å²) in [6.45, 7) is 6.32. The molecule has 0 aliphatic carbocycles. The highest BCUT2D eigenvalue weighted by atomic mass is 35.5. The van der Waals surface area contributed by atoms with Gasteiger partial charge >= 0.3 is 0 Å². The molecule has 3 N–H and O–H groups in total. The van der Waals surface area contributed by atoms with Crippen LogP contribution in [-0.2, 0) is 0 Å². The van der Waals surface area contributed by atoms with Crippen molar-refractivity contribution >= 4 is 36.5 Å². The van der Waals surface area contributed by atoms with Crippen molar-refractivity contribution in [2.24, 2.45) is 5.73 Å². The summed E-state index contributed by atoms with van der Waals surface area (Å²) in [5.74, 6) is 0.844. The van der Waals surface area contributed by atoms with Gasteiger partial charge in [0.1, 0.15) is 5.82 Å². The van der Waals surface area contributed by atoms with Crippen LogP contribution in [0.4, 0.5) is 5.82 Å². The van der Waals surface area contributed by atoms with Crippen LogP contribution >= 0.6 is 24.8 Å². The minimum atomic E-state index is -0.408. The Balaban J connectivity index is 0.00000242. The summed E-state index contributed by atoms with van der Waals surface area (Å²) in [5.41, 5.74) is 6.03. The monoisotopic (exact) mass is 362 g/mol. The number of pyridine rings is 1. The molecule has 2 rings (SSSR count). The average Bonchev–Trinajstić information content (AvgIpc) is 2.73. The van der Waals surface area contributed by atoms with Crippen molar-refractivity contribution in [3.05, 3.63) is 23.9 Å². The normalized spacial score (nSPS) is 15.0. The molecule has 0 aromatic carbocycles. The minimum Gasteiger partial charge on any atom is -0.357 e. The third-order valence-electron chi connectivity index (χ3n) is 3.64. The van der Waals surface area contributed by atoms with Crippen LogP contribution in [-0.4, -0.2) is 36.1 Å². The van der Waals surface area contributed by atoms with Gasteiger partial charge in [-0.3, -0.25) is 4.79 Å². The van der Waals surface area contributed by atoms with E-state index in [0.29, 0.717) is 12.1 Å². The maximum absolute atomic E-state index is 12.0. The molecule has 1 aromatic heterocycles. The first-order valence-electron chi connectivity index (χ1n) is 7.74. The largest absolute Gasteiger partial charge is 0.357 e. The molecule has 0 atom stereocenters. The van der Waals surface area contributed by atoms with E-state index in [1.165, 1.54) is 25.7 Å². The fourth-order valence-electron chi connectivity index (χ4n) is 2.42. The van der Waals surface area contributed by atoms with E-state index in [-0.39, 0.29) is 30.7 Å². The smallest absolute Gasteiger partial charge is 0.252 e. The number of carbonyl (C=O) groups excluding carboxylic acids is 1. The van der Waals surface area contributed by atoms with E-state index in [2.05, 4.69) is 15.2 Å². The Kier molecular flexibility index (Phi) is 9.51. The fraction of sp³-hybridized carbons (Fsp3) is 0.625. The number of amides is 1. The Bertz CT molecular complexity index is 466. The third kappa shape index (κ3) is 7.38. The van der Waals surface area contributed by atoms with Gasteiger partial charge in [-0.15, -0.1) is 24.8 Å². The third-order valence-corrected chi connectivity index (χ3v) is 3.64. The lowest BCUT2D eigenvalue weighted by Gasteiger charge is -2.21. The van der Waals surface area contributed by atoms with Crippen molar-refractivity contribution in [3.8, 4) is 0 Å². The van der Waals surface area contributed by atoms with Crippen molar-refractivity contribution in [1.82, 2.24) is 10.3 Å². The Morgan fingerprint density at radius 2 is 1.83 bits per heavy atom. The number of carbonyl (C=O) groups is 1. The Morgan fingerprint density at radius 3 is 2.30 bits per heavy atom. The zero-order valence-corrected chi connectivity index (χ0v) is 15.5. The minimum absolute atomic E-state index is 0. The van der Waals surface area contributed by atoms with Crippen LogP contribution in [0.25, 0.3) is 0 Å². The first kappa shape index (κ1) is 22.0. The average molecular weight is 363 g/mol. The molecule has 1 amide bonds. The van der Waals surface area contributed by atoms with Crippen molar-refractivity contribution in [2.75, 3.05) is 24.5 Å². The van der Waals surface area contributed by atoms with Gasteiger partial charge in [0.15, 0.2) is 0 Å². The number of hydrogen-bond donors (Lipinski definition) is 2. The second kappa shape index (κ2) is 9.96. The molecular weight excluding hydrogens is 335 g/mol. The summed E-state index contributed by atoms with van der Waals surface area (Å²) in [5, 5.41) is 2.83. The van der Waals surface area contributed by atoms with E-state index in [9.17, 15) is 4.79 Å². The van der Waals surface area contributed by atoms with E-state index in [1.54, 1.807) is 6.20 Å². The van der Waals surface area contributed by atoms with Crippen LogP contribution < -0.4 is 16.0 Å². The summed E-state index contributed by atoms with van der Waals surface area (Å²) in [4.78, 5) is 18.8. The molecule has 0 saturated carbocycles. The lowest BCUT2D eigenvalue weighted by molar-refractivity contribution is 0.0945. The predicted octanol–water partition coefficient (Wildman–Crippen LogP) is 2.77. The highest BCUT2D eigenvalue weighted by Crippen LogP contribution is 2.17. The number of anilines is 1. The van der Waals surface area contributed by atoms with Gasteiger partial charge in [-0.1, -0.05) is 12.8 Å². The number of nitrogens with two attached hydrogens (primary N) is 1. The summed E-state index contributed by atoms with van der Waals surface area (Å²) in [7, 11) is 0. The van der Waals surface area contributed by atoms with Gasteiger partial charge in [-0.25, -0.2) is 4.98 Å². The highest BCUT2D eigenvalue weighted by molar-refractivity contribution is 5.94. The molecule has 7 heteroatoms. The molecule has 2 heterocycles. The van der Waals surface area contributed by atoms with E-state index >= 15 is 0 Å². The zero-order chi connectivity index (χ0) is 15.3. The molecule has 1 aliphatic rings. The van der Waals surface area contributed by atoms with Gasteiger partial charge in [0, 0.05) is 31.4 Å². The number of aromatic nitrogens is 1. The molecule has 1 aromatic rings. The molecule has 5 nitrogen and oxygen atoms in total. The summed E-state index contributed by atoms with van der Waals surface area (Å²) in [6.07, 6.45) is 6.68. The summed E-state index contributed by atoms with van der Waals surface area (Å²) >= 11 is 0. The Labute approximate surface area is 151 Å². The van der Waals surface area contributed by atoms with E-state index in [4.69, 9.17) is 5.73 Å². The Morgan fingerprint density at radius 1 is 1.22 bits per heavy atom. The highest BCUT2D eigenvalue weighted by Gasteiger charge is 2.15. The van der Waals surface area contributed by atoms with Gasteiger partial charge < -0.3 is 16.0 Å². The number of rotatable bonds is 4. The lowest BCUT2D eigenvalue weighted by atomic mass is 10.1. The molecule has 0 bridgehead atoms. The van der Waals surface area contributed by atoms with Crippen LogP contribution in [0.5, 0.6) is 0 Å². The quantitative estimate of drug-likeness (QED) is 0.863.